The zero-order chi connectivity index (χ0) is 15.0. The summed E-state index contributed by atoms with van der Waals surface area (Å²) in [6.07, 6.45) is 4.34. The number of aryl methyl sites for hydroxylation is 1. The normalized spacial score (nSPS) is 14.4. The molecule has 0 fully saturated rings. The first-order chi connectivity index (χ1) is 9.58. The van der Waals surface area contributed by atoms with Crippen molar-refractivity contribution >= 4 is 0 Å². The summed E-state index contributed by atoms with van der Waals surface area (Å²) in [6.45, 7) is 10.3. The van der Waals surface area contributed by atoms with Gasteiger partial charge in [0.1, 0.15) is 0 Å². The van der Waals surface area contributed by atoms with Gasteiger partial charge in [-0.3, -0.25) is 4.90 Å². The van der Waals surface area contributed by atoms with E-state index in [1.165, 1.54) is 5.69 Å². The van der Waals surface area contributed by atoms with Crippen LogP contribution in [0.5, 0.6) is 0 Å². The molecule has 114 valence electrons. The van der Waals surface area contributed by atoms with E-state index in [1.54, 1.807) is 6.08 Å². The maximum absolute atomic E-state index is 10.1. The van der Waals surface area contributed by atoms with Gasteiger partial charge >= 0.3 is 0 Å². The first-order valence-corrected chi connectivity index (χ1v) is 7.29. The van der Waals surface area contributed by atoms with Gasteiger partial charge in [-0.2, -0.15) is 0 Å². The van der Waals surface area contributed by atoms with Gasteiger partial charge in [-0.05, 0) is 25.5 Å². The zero-order valence-electron chi connectivity index (χ0n) is 13.0. The Hall–Kier alpha value is -1.10. The van der Waals surface area contributed by atoms with E-state index in [4.69, 9.17) is 4.74 Å². The molecule has 4 nitrogen and oxygen atoms in total. The largest absolute Gasteiger partial charge is 0.389 e. The highest BCUT2D eigenvalue weighted by Crippen LogP contribution is 2.11. The van der Waals surface area contributed by atoms with Crippen LogP contribution < -0.4 is 0 Å². The fraction of sp³-hybridized carbons (Fsp3) is 0.625. The lowest BCUT2D eigenvalue weighted by molar-refractivity contribution is 0.0152. The molecule has 0 aliphatic rings. The minimum absolute atomic E-state index is 0.353. The van der Waals surface area contributed by atoms with Crippen LogP contribution in [-0.2, 0) is 18.3 Å². The Bertz CT molecular complexity index is 390. The molecule has 1 N–H and O–H groups in total. The van der Waals surface area contributed by atoms with E-state index in [0.717, 1.165) is 13.0 Å². The van der Waals surface area contributed by atoms with Crippen molar-refractivity contribution in [1.82, 2.24) is 9.47 Å². The van der Waals surface area contributed by atoms with E-state index in [-0.39, 0.29) is 0 Å². The average molecular weight is 280 g/mol. The van der Waals surface area contributed by atoms with Crippen LogP contribution in [0.1, 0.15) is 26.0 Å². The van der Waals surface area contributed by atoms with Crippen LogP contribution in [-0.4, -0.2) is 46.5 Å². The maximum Gasteiger partial charge on any atom is 0.0900 e. The van der Waals surface area contributed by atoms with Gasteiger partial charge < -0.3 is 14.4 Å². The SMILES string of the molecule is C=CCOC[C@@H](O)CN(Cc1cccn1C)[C@@H](C)CC. The van der Waals surface area contributed by atoms with Crippen LogP contribution in [0.25, 0.3) is 0 Å². The molecule has 2 atom stereocenters. The van der Waals surface area contributed by atoms with Crippen LogP contribution >= 0.6 is 0 Å². The Balaban J connectivity index is 2.56. The molecule has 0 radical (unpaired) electrons. The van der Waals surface area contributed by atoms with Gasteiger partial charge in [-0.15, -0.1) is 6.58 Å². The predicted molar refractivity (Wildman–Crippen MR) is 82.6 cm³/mol. The third-order valence-electron chi connectivity index (χ3n) is 3.62. The first-order valence-electron chi connectivity index (χ1n) is 7.29. The van der Waals surface area contributed by atoms with E-state index in [0.29, 0.717) is 25.8 Å². The predicted octanol–water partition coefficient (Wildman–Crippen LogP) is 2.19. The van der Waals surface area contributed by atoms with Crippen LogP contribution in [0.15, 0.2) is 31.0 Å². The molecule has 1 heterocycles. The summed E-state index contributed by atoms with van der Waals surface area (Å²) in [7, 11) is 2.05. The number of nitrogens with zero attached hydrogens (tertiary/aromatic N) is 2. The standard InChI is InChI=1S/C16H28N2O2/c1-5-10-20-13-16(19)12-18(14(3)6-2)11-15-8-7-9-17(15)4/h5,7-9,14,16,19H,1,6,10-13H2,2-4H3/t14-,16-/m0/s1. The molecule has 0 unspecified atom stereocenters. The summed E-state index contributed by atoms with van der Waals surface area (Å²) in [5.74, 6) is 0. The van der Waals surface area contributed by atoms with Crippen molar-refractivity contribution in [3.63, 3.8) is 0 Å². The van der Waals surface area contributed by atoms with Gasteiger partial charge in [-0.25, -0.2) is 0 Å². The number of aliphatic hydroxyl groups is 1. The molecule has 0 amide bonds. The molecule has 0 aliphatic heterocycles. The molecule has 1 aromatic heterocycles. The summed E-state index contributed by atoms with van der Waals surface area (Å²) in [6, 6.07) is 4.60. The second-order valence-corrected chi connectivity index (χ2v) is 5.28. The van der Waals surface area contributed by atoms with Gasteiger partial charge in [0, 0.05) is 38.1 Å². The fourth-order valence-corrected chi connectivity index (χ4v) is 2.14. The van der Waals surface area contributed by atoms with Crippen molar-refractivity contribution in [1.29, 1.82) is 0 Å². The smallest absolute Gasteiger partial charge is 0.0900 e. The fourth-order valence-electron chi connectivity index (χ4n) is 2.14. The number of aliphatic hydroxyl groups excluding tert-OH is 1. The quantitative estimate of drug-likeness (QED) is 0.527. The Morgan fingerprint density at radius 1 is 1.55 bits per heavy atom. The third kappa shape index (κ3) is 5.49. The van der Waals surface area contributed by atoms with Crippen molar-refractivity contribution in [2.75, 3.05) is 19.8 Å². The van der Waals surface area contributed by atoms with Gasteiger partial charge in [0.15, 0.2) is 0 Å². The van der Waals surface area contributed by atoms with Crippen molar-refractivity contribution in [3.8, 4) is 0 Å². The monoisotopic (exact) mass is 280 g/mol. The lowest BCUT2D eigenvalue weighted by Gasteiger charge is -2.30. The molecule has 20 heavy (non-hydrogen) atoms. The van der Waals surface area contributed by atoms with Gasteiger partial charge in [0.05, 0.1) is 19.3 Å². The van der Waals surface area contributed by atoms with E-state index >= 15 is 0 Å². The number of hydrogen-bond acceptors (Lipinski definition) is 3. The zero-order valence-corrected chi connectivity index (χ0v) is 13.0. The van der Waals surface area contributed by atoms with Crippen LogP contribution in [0.2, 0.25) is 0 Å². The molecular formula is C16H28N2O2. The number of rotatable bonds is 10. The highest BCUT2D eigenvalue weighted by atomic mass is 16.5. The van der Waals surface area contributed by atoms with Crippen LogP contribution in [0.4, 0.5) is 0 Å². The lowest BCUT2D eigenvalue weighted by Crippen LogP contribution is -2.40. The van der Waals surface area contributed by atoms with Gasteiger partial charge in [0.2, 0.25) is 0 Å². The summed E-state index contributed by atoms with van der Waals surface area (Å²) < 4.78 is 7.44. The van der Waals surface area contributed by atoms with Crippen molar-refractivity contribution < 1.29 is 9.84 Å². The number of hydrogen-bond donors (Lipinski definition) is 1. The van der Waals surface area contributed by atoms with E-state index in [9.17, 15) is 5.11 Å². The third-order valence-corrected chi connectivity index (χ3v) is 3.62. The Morgan fingerprint density at radius 3 is 2.85 bits per heavy atom. The molecule has 1 rings (SSSR count). The summed E-state index contributed by atoms with van der Waals surface area (Å²) in [5.41, 5.74) is 1.25. The van der Waals surface area contributed by atoms with Crippen molar-refractivity contribution in [2.45, 2.75) is 39.0 Å². The highest BCUT2D eigenvalue weighted by molar-refractivity contribution is 5.06. The molecular weight excluding hydrogens is 252 g/mol. The second-order valence-electron chi connectivity index (χ2n) is 5.28. The van der Waals surface area contributed by atoms with Gasteiger partial charge in [-0.1, -0.05) is 13.0 Å². The molecule has 0 aromatic carbocycles. The molecule has 4 heteroatoms. The number of aromatic nitrogens is 1. The molecule has 0 spiro atoms. The minimum atomic E-state index is -0.468. The average Bonchev–Trinajstić information content (AvgIpc) is 2.83. The molecule has 0 aliphatic carbocycles. The Kier molecular flexibility index (Phi) is 7.59. The highest BCUT2D eigenvalue weighted by Gasteiger charge is 2.18. The summed E-state index contributed by atoms with van der Waals surface area (Å²) in [4.78, 5) is 2.30. The van der Waals surface area contributed by atoms with Crippen molar-refractivity contribution in [3.05, 3.63) is 36.7 Å². The van der Waals surface area contributed by atoms with Gasteiger partial charge in [0.25, 0.3) is 0 Å². The van der Waals surface area contributed by atoms with E-state index in [1.807, 2.05) is 19.3 Å². The topological polar surface area (TPSA) is 37.6 Å². The Morgan fingerprint density at radius 2 is 2.30 bits per heavy atom. The molecule has 0 bridgehead atoms. The lowest BCUT2D eigenvalue weighted by atomic mass is 10.2. The Labute approximate surface area is 122 Å². The summed E-state index contributed by atoms with van der Waals surface area (Å²) in [5, 5.41) is 10.1. The second kappa shape index (κ2) is 8.95. The van der Waals surface area contributed by atoms with E-state index in [2.05, 4.69) is 36.0 Å². The van der Waals surface area contributed by atoms with Crippen molar-refractivity contribution in [2.24, 2.45) is 7.05 Å². The molecule has 0 saturated heterocycles. The summed E-state index contributed by atoms with van der Waals surface area (Å²) >= 11 is 0. The molecule has 1 aromatic rings. The number of ether oxygens (including phenoxy) is 1. The maximum atomic E-state index is 10.1. The molecule has 0 saturated carbocycles. The van der Waals surface area contributed by atoms with Crippen LogP contribution in [0.3, 0.4) is 0 Å². The minimum Gasteiger partial charge on any atom is -0.389 e. The first kappa shape index (κ1) is 17.0. The van der Waals surface area contributed by atoms with Crippen LogP contribution in [0, 0.1) is 0 Å². The van der Waals surface area contributed by atoms with E-state index < -0.39 is 6.10 Å².